The lowest BCUT2D eigenvalue weighted by atomic mass is 9.83. The number of carbonyl (C=O) groups excluding carboxylic acids is 1. The molecule has 0 radical (unpaired) electrons. The number of aryl methyl sites for hydroxylation is 2. The van der Waals surface area contributed by atoms with E-state index in [1.165, 1.54) is 6.92 Å². The lowest BCUT2D eigenvalue weighted by Gasteiger charge is -2.22. The van der Waals surface area contributed by atoms with Crippen molar-refractivity contribution < 1.29 is 9.90 Å². The summed E-state index contributed by atoms with van der Waals surface area (Å²) in [7, 11) is 0. The van der Waals surface area contributed by atoms with E-state index in [4.69, 9.17) is 11.6 Å². The first kappa shape index (κ1) is 19.3. The SMILES string of the molecule is CC(=O)Nc1ccc2[nH]c(-c3cc(C)c(O)c(C(C)(C)C)c3)c(C)c2c1Cl. The molecular weight excluding hydrogens is 360 g/mol. The van der Waals surface area contributed by atoms with E-state index in [-0.39, 0.29) is 11.3 Å². The molecule has 0 atom stereocenters. The van der Waals surface area contributed by atoms with Crippen LogP contribution >= 0.6 is 11.6 Å². The highest BCUT2D eigenvalue weighted by Gasteiger charge is 2.22. The van der Waals surface area contributed by atoms with Crippen molar-refractivity contribution in [3.63, 3.8) is 0 Å². The number of phenolic OH excluding ortho intramolecular Hbond substituents is 1. The number of rotatable bonds is 2. The Hall–Kier alpha value is -2.46. The number of H-pyrrole nitrogens is 1. The second-order valence-electron chi connectivity index (χ2n) is 8.10. The molecule has 0 aliphatic rings. The van der Waals surface area contributed by atoms with Gasteiger partial charge in [-0.3, -0.25) is 4.79 Å². The Kier molecular flexibility index (Phi) is 4.73. The molecule has 3 aromatic rings. The van der Waals surface area contributed by atoms with E-state index in [2.05, 4.69) is 31.1 Å². The fourth-order valence-corrected chi connectivity index (χ4v) is 3.82. The van der Waals surface area contributed by atoms with Crippen molar-refractivity contribution in [3.05, 3.63) is 46.0 Å². The van der Waals surface area contributed by atoms with E-state index < -0.39 is 0 Å². The number of hydrogen-bond donors (Lipinski definition) is 3. The molecule has 4 nitrogen and oxygen atoms in total. The number of benzene rings is 2. The molecule has 0 saturated carbocycles. The number of carbonyl (C=O) groups is 1. The second kappa shape index (κ2) is 6.61. The Balaban J connectivity index is 2.24. The van der Waals surface area contributed by atoms with Gasteiger partial charge in [0.25, 0.3) is 0 Å². The Morgan fingerprint density at radius 1 is 1.19 bits per heavy atom. The van der Waals surface area contributed by atoms with Crippen LogP contribution in [0.3, 0.4) is 0 Å². The van der Waals surface area contributed by atoms with Crippen LogP contribution in [0, 0.1) is 13.8 Å². The molecule has 0 fully saturated rings. The highest BCUT2D eigenvalue weighted by atomic mass is 35.5. The number of amides is 1. The number of aromatic hydroxyl groups is 1. The van der Waals surface area contributed by atoms with Crippen LogP contribution in [0.4, 0.5) is 5.69 Å². The number of nitrogens with one attached hydrogen (secondary N) is 2. The third kappa shape index (κ3) is 3.42. The second-order valence-corrected chi connectivity index (χ2v) is 8.47. The van der Waals surface area contributed by atoms with Crippen LogP contribution < -0.4 is 5.32 Å². The van der Waals surface area contributed by atoms with Gasteiger partial charge in [0.05, 0.1) is 10.7 Å². The zero-order valence-corrected chi connectivity index (χ0v) is 17.3. The maximum atomic E-state index is 11.4. The lowest BCUT2D eigenvalue weighted by Crippen LogP contribution is -2.12. The summed E-state index contributed by atoms with van der Waals surface area (Å²) in [5.74, 6) is 0.180. The first-order chi connectivity index (χ1) is 12.5. The summed E-state index contributed by atoms with van der Waals surface area (Å²) in [6.45, 7) is 11.6. The van der Waals surface area contributed by atoms with Crippen molar-refractivity contribution in [1.82, 2.24) is 4.98 Å². The summed E-state index contributed by atoms with van der Waals surface area (Å²) in [5, 5.41) is 14.7. The fourth-order valence-electron chi connectivity index (χ4n) is 3.47. The summed E-state index contributed by atoms with van der Waals surface area (Å²) in [4.78, 5) is 14.9. The van der Waals surface area contributed by atoms with Crippen LogP contribution in [0.5, 0.6) is 5.75 Å². The summed E-state index contributed by atoms with van der Waals surface area (Å²) < 4.78 is 0. The van der Waals surface area contributed by atoms with Gasteiger partial charge in [0.1, 0.15) is 5.75 Å². The predicted molar refractivity (Wildman–Crippen MR) is 113 cm³/mol. The normalized spacial score (nSPS) is 11.8. The molecule has 1 amide bonds. The van der Waals surface area contributed by atoms with Gasteiger partial charge in [0, 0.05) is 29.1 Å². The van der Waals surface area contributed by atoms with Crippen molar-refractivity contribution >= 4 is 34.1 Å². The Bertz CT molecular complexity index is 1060. The van der Waals surface area contributed by atoms with E-state index in [1.54, 1.807) is 6.07 Å². The maximum absolute atomic E-state index is 11.4. The molecule has 2 aromatic carbocycles. The summed E-state index contributed by atoms with van der Waals surface area (Å²) in [6, 6.07) is 7.73. The molecule has 0 bridgehead atoms. The van der Waals surface area contributed by atoms with E-state index in [9.17, 15) is 9.90 Å². The van der Waals surface area contributed by atoms with Crippen LogP contribution in [0.2, 0.25) is 5.02 Å². The van der Waals surface area contributed by atoms with Gasteiger partial charge >= 0.3 is 0 Å². The standard InChI is InChI=1S/C22H25ClN2O2/c1-11-9-14(10-15(21(11)27)22(4,5)6)20-12(2)18-16(25-20)7-8-17(19(18)23)24-13(3)26/h7-10,25,27H,1-6H3,(H,24,26). The molecule has 1 aromatic heterocycles. The molecule has 3 N–H and O–H groups in total. The minimum atomic E-state index is -0.180. The lowest BCUT2D eigenvalue weighted by molar-refractivity contribution is -0.114. The molecule has 0 unspecified atom stereocenters. The van der Waals surface area contributed by atoms with E-state index in [0.717, 1.165) is 38.9 Å². The largest absolute Gasteiger partial charge is 0.507 e. The first-order valence-corrected chi connectivity index (χ1v) is 9.31. The van der Waals surface area contributed by atoms with Gasteiger partial charge in [-0.25, -0.2) is 0 Å². The van der Waals surface area contributed by atoms with Crippen molar-refractivity contribution in [1.29, 1.82) is 0 Å². The summed E-state index contributed by atoms with van der Waals surface area (Å²) >= 11 is 6.58. The fraction of sp³-hybridized carbons (Fsp3) is 0.318. The number of phenols is 1. The van der Waals surface area contributed by atoms with Gasteiger partial charge in [-0.2, -0.15) is 0 Å². The molecule has 0 aliphatic heterocycles. The van der Waals surface area contributed by atoms with Gasteiger partial charge in [0.15, 0.2) is 0 Å². The zero-order valence-electron chi connectivity index (χ0n) is 16.5. The van der Waals surface area contributed by atoms with Crippen LogP contribution in [-0.2, 0) is 10.2 Å². The quantitative estimate of drug-likeness (QED) is 0.502. The van der Waals surface area contributed by atoms with Crippen molar-refractivity contribution in [2.75, 3.05) is 5.32 Å². The monoisotopic (exact) mass is 384 g/mol. The average Bonchev–Trinajstić information content (AvgIpc) is 2.88. The smallest absolute Gasteiger partial charge is 0.221 e. The highest BCUT2D eigenvalue weighted by Crippen LogP contribution is 2.41. The minimum Gasteiger partial charge on any atom is -0.507 e. The molecule has 142 valence electrons. The molecular formula is C22H25ClN2O2. The number of anilines is 1. The molecule has 0 spiro atoms. The number of halogens is 1. The van der Waals surface area contributed by atoms with Gasteiger partial charge in [-0.05, 0) is 60.2 Å². The Morgan fingerprint density at radius 2 is 1.85 bits per heavy atom. The first-order valence-electron chi connectivity index (χ1n) is 8.93. The van der Waals surface area contributed by atoms with Crippen LogP contribution in [0.25, 0.3) is 22.2 Å². The summed E-state index contributed by atoms with van der Waals surface area (Å²) in [6.07, 6.45) is 0. The average molecular weight is 385 g/mol. The van der Waals surface area contributed by atoms with E-state index >= 15 is 0 Å². The number of fused-ring (bicyclic) bond motifs is 1. The van der Waals surface area contributed by atoms with Gasteiger partial charge < -0.3 is 15.4 Å². The van der Waals surface area contributed by atoms with Gasteiger partial charge in [-0.15, -0.1) is 0 Å². The van der Waals surface area contributed by atoms with Gasteiger partial charge in [0.2, 0.25) is 5.91 Å². The van der Waals surface area contributed by atoms with E-state index in [1.807, 2.05) is 32.0 Å². The van der Waals surface area contributed by atoms with Crippen LogP contribution in [0.15, 0.2) is 24.3 Å². The van der Waals surface area contributed by atoms with E-state index in [0.29, 0.717) is 16.5 Å². The third-order valence-electron chi connectivity index (χ3n) is 4.86. The Labute approximate surface area is 164 Å². The highest BCUT2D eigenvalue weighted by molar-refractivity contribution is 6.39. The van der Waals surface area contributed by atoms with Crippen LogP contribution in [0.1, 0.15) is 44.4 Å². The molecule has 27 heavy (non-hydrogen) atoms. The van der Waals surface area contributed by atoms with Crippen molar-refractivity contribution in [2.24, 2.45) is 0 Å². The minimum absolute atomic E-state index is 0.159. The topological polar surface area (TPSA) is 65.1 Å². The van der Waals surface area contributed by atoms with Gasteiger partial charge in [-0.1, -0.05) is 32.4 Å². The molecule has 0 aliphatic carbocycles. The molecule has 3 rings (SSSR count). The van der Waals surface area contributed by atoms with Crippen molar-refractivity contribution in [2.45, 2.75) is 47.0 Å². The maximum Gasteiger partial charge on any atom is 0.221 e. The zero-order chi connectivity index (χ0) is 20.1. The Morgan fingerprint density at radius 3 is 2.44 bits per heavy atom. The van der Waals surface area contributed by atoms with Crippen LogP contribution in [-0.4, -0.2) is 16.0 Å². The number of hydrogen-bond acceptors (Lipinski definition) is 2. The molecule has 1 heterocycles. The summed E-state index contributed by atoms with van der Waals surface area (Å²) in [5.41, 5.74) is 6.03. The van der Waals surface area contributed by atoms with Crippen molar-refractivity contribution in [3.8, 4) is 17.0 Å². The number of aromatic nitrogens is 1. The molecule has 5 heteroatoms. The molecule has 0 saturated heterocycles. The predicted octanol–water partition coefficient (Wildman–Crippen LogP) is 6.07. The third-order valence-corrected chi connectivity index (χ3v) is 5.25. The number of aromatic amines is 1.